The fourth-order valence-electron chi connectivity index (χ4n) is 2.10. The van der Waals surface area contributed by atoms with Gasteiger partial charge < -0.3 is 0 Å². The highest BCUT2D eigenvalue weighted by atomic mass is 35.5. The van der Waals surface area contributed by atoms with E-state index in [9.17, 15) is 4.39 Å². The molecule has 1 atom stereocenters. The number of aryl methyl sites for hydroxylation is 1. The summed E-state index contributed by atoms with van der Waals surface area (Å²) in [6.45, 7) is 0. The molecule has 0 spiro atoms. The number of benzene rings is 1. The molecule has 106 valence electrons. The van der Waals surface area contributed by atoms with E-state index < -0.39 is 0 Å². The van der Waals surface area contributed by atoms with Gasteiger partial charge in [0.15, 0.2) is 0 Å². The molecular formula is C15H17ClFN3. The standard InChI is InChI=1S/C15H17ClFN3/c16-14-5-1-4-12(15(14)17)9-13(20-18)7-6-11-3-2-8-19-10-11/h1-5,8,10,13,20H,6-7,9,18H2. The lowest BCUT2D eigenvalue weighted by Crippen LogP contribution is -2.37. The first-order chi connectivity index (χ1) is 9.70. The zero-order valence-electron chi connectivity index (χ0n) is 11.0. The number of halogens is 2. The predicted octanol–water partition coefficient (Wildman–Crippen LogP) is 2.88. The molecule has 0 aliphatic rings. The number of hydrogen-bond acceptors (Lipinski definition) is 3. The molecule has 0 saturated carbocycles. The predicted molar refractivity (Wildman–Crippen MR) is 78.8 cm³/mol. The Labute approximate surface area is 122 Å². The van der Waals surface area contributed by atoms with Crippen LogP contribution in [0.4, 0.5) is 4.39 Å². The van der Waals surface area contributed by atoms with Gasteiger partial charge in [-0.1, -0.05) is 29.8 Å². The molecule has 1 unspecified atom stereocenters. The van der Waals surface area contributed by atoms with Crippen molar-refractivity contribution in [3.8, 4) is 0 Å². The van der Waals surface area contributed by atoms with Crippen molar-refractivity contribution in [3.63, 3.8) is 0 Å². The van der Waals surface area contributed by atoms with Gasteiger partial charge in [0.05, 0.1) is 5.02 Å². The minimum atomic E-state index is -0.365. The third kappa shape index (κ3) is 4.00. The second-order valence-electron chi connectivity index (χ2n) is 4.68. The first kappa shape index (κ1) is 14.9. The van der Waals surface area contributed by atoms with Crippen LogP contribution in [0.25, 0.3) is 0 Å². The number of aromatic nitrogens is 1. The van der Waals surface area contributed by atoms with Crippen LogP contribution in [0.3, 0.4) is 0 Å². The van der Waals surface area contributed by atoms with E-state index in [0.717, 1.165) is 18.4 Å². The number of rotatable bonds is 6. The van der Waals surface area contributed by atoms with Gasteiger partial charge in [-0.2, -0.15) is 0 Å². The van der Waals surface area contributed by atoms with E-state index in [2.05, 4.69) is 10.4 Å². The van der Waals surface area contributed by atoms with Crippen molar-refractivity contribution in [1.82, 2.24) is 10.4 Å². The van der Waals surface area contributed by atoms with Crippen molar-refractivity contribution in [2.75, 3.05) is 0 Å². The first-order valence-corrected chi connectivity index (χ1v) is 6.86. The number of hydrazine groups is 1. The van der Waals surface area contributed by atoms with Gasteiger partial charge in [-0.15, -0.1) is 0 Å². The van der Waals surface area contributed by atoms with Crippen molar-refractivity contribution in [2.45, 2.75) is 25.3 Å². The van der Waals surface area contributed by atoms with E-state index in [1.807, 2.05) is 18.3 Å². The van der Waals surface area contributed by atoms with Gasteiger partial charge in [-0.05, 0) is 42.5 Å². The molecule has 0 bridgehead atoms. The lowest BCUT2D eigenvalue weighted by Gasteiger charge is -2.16. The molecule has 0 fully saturated rings. The molecule has 2 rings (SSSR count). The molecule has 3 N–H and O–H groups in total. The monoisotopic (exact) mass is 293 g/mol. The van der Waals surface area contributed by atoms with E-state index in [-0.39, 0.29) is 16.9 Å². The molecule has 5 heteroatoms. The lowest BCUT2D eigenvalue weighted by atomic mass is 10.00. The molecule has 0 aliphatic carbocycles. The molecule has 0 amide bonds. The normalized spacial score (nSPS) is 12.3. The molecule has 2 aromatic rings. The number of nitrogens with two attached hydrogens (primary N) is 1. The molecule has 3 nitrogen and oxygen atoms in total. The van der Waals surface area contributed by atoms with E-state index >= 15 is 0 Å². The van der Waals surface area contributed by atoms with Crippen molar-refractivity contribution < 1.29 is 4.39 Å². The molecular weight excluding hydrogens is 277 g/mol. The van der Waals surface area contributed by atoms with E-state index in [0.29, 0.717) is 12.0 Å². The quantitative estimate of drug-likeness (QED) is 0.636. The maximum absolute atomic E-state index is 13.9. The largest absolute Gasteiger partial charge is 0.271 e. The van der Waals surface area contributed by atoms with Crippen LogP contribution in [0.2, 0.25) is 5.02 Å². The summed E-state index contributed by atoms with van der Waals surface area (Å²) in [5.74, 6) is 5.19. The van der Waals surface area contributed by atoms with Crippen molar-refractivity contribution in [3.05, 3.63) is 64.7 Å². The second kappa shape index (κ2) is 7.33. The summed E-state index contributed by atoms with van der Waals surface area (Å²) in [5.41, 5.74) is 4.45. The minimum absolute atomic E-state index is 0.0110. The smallest absolute Gasteiger partial charge is 0.145 e. The summed E-state index contributed by atoms with van der Waals surface area (Å²) < 4.78 is 13.9. The summed E-state index contributed by atoms with van der Waals surface area (Å²) in [4.78, 5) is 4.07. The lowest BCUT2D eigenvalue weighted by molar-refractivity contribution is 0.480. The molecule has 0 saturated heterocycles. The van der Waals surface area contributed by atoms with Crippen LogP contribution in [0.5, 0.6) is 0 Å². The molecule has 0 radical (unpaired) electrons. The highest BCUT2D eigenvalue weighted by Gasteiger charge is 2.13. The average molecular weight is 294 g/mol. The molecule has 1 aromatic carbocycles. The fourth-order valence-corrected chi connectivity index (χ4v) is 2.30. The van der Waals surface area contributed by atoms with E-state index in [1.165, 1.54) is 0 Å². The molecule has 20 heavy (non-hydrogen) atoms. The zero-order chi connectivity index (χ0) is 14.4. The van der Waals surface area contributed by atoms with Crippen LogP contribution in [0.1, 0.15) is 17.5 Å². The third-order valence-electron chi connectivity index (χ3n) is 3.24. The highest BCUT2D eigenvalue weighted by Crippen LogP contribution is 2.19. The molecule has 0 aliphatic heterocycles. The second-order valence-corrected chi connectivity index (χ2v) is 5.09. The van der Waals surface area contributed by atoms with Crippen LogP contribution in [0, 0.1) is 5.82 Å². The van der Waals surface area contributed by atoms with Gasteiger partial charge in [0.1, 0.15) is 5.82 Å². The van der Waals surface area contributed by atoms with Gasteiger partial charge in [0.25, 0.3) is 0 Å². The highest BCUT2D eigenvalue weighted by molar-refractivity contribution is 6.30. The van der Waals surface area contributed by atoms with E-state index in [1.54, 1.807) is 24.4 Å². The Hall–Kier alpha value is -1.49. The summed E-state index contributed by atoms with van der Waals surface area (Å²) in [6.07, 6.45) is 5.71. The van der Waals surface area contributed by atoms with Gasteiger partial charge in [-0.25, -0.2) is 4.39 Å². The Morgan fingerprint density at radius 2 is 2.15 bits per heavy atom. The minimum Gasteiger partial charge on any atom is -0.271 e. The number of pyridine rings is 1. The summed E-state index contributed by atoms with van der Waals surface area (Å²) in [5, 5.41) is 0.144. The maximum Gasteiger partial charge on any atom is 0.145 e. The Morgan fingerprint density at radius 1 is 1.30 bits per heavy atom. The number of nitrogens with one attached hydrogen (secondary N) is 1. The van der Waals surface area contributed by atoms with E-state index in [4.69, 9.17) is 17.4 Å². The van der Waals surface area contributed by atoms with Crippen LogP contribution in [0.15, 0.2) is 42.7 Å². The Bertz CT molecular complexity index is 548. The van der Waals surface area contributed by atoms with Crippen molar-refractivity contribution >= 4 is 11.6 Å². The Kier molecular flexibility index (Phi) is 5.47. The Morgan fingerprint density at radius 3 is 2.85 bits per heavy atom. The summed E-state index contributed by atoms with van der Waals surface area (Å²) in [6, 6.07) is 8.92. The van der Waals surface area contributed by atoms with Gasteiger partial charge in [-0.3, -0.25) is 16.3 Å². The topological polar surface area (TPSA) is 50.9 Å². The third-order valence-corrected chi connectivity index (χ3v) is 3.53. The summed E-state index contributed by atoms with van der Waals surface area (Å²) >= 11 is 5.78. The fraction of sp³-hybridized carbons (Fsp3) is 0.267. The van der Waals surface area contributed by atoms with Crippen molar-refractivity contribution in [2.24, 2.45) is 5.84 Å². The Balaban J connectivity index is 1.97. The van der Waals surface area contributed by atoms with Crippen LogP contribution >= 0.6 is 11.6 Å². The van der Waals surface area contributed by atoms with Crippen molar-refractivity contribution in [1.29, 1.82) is 0 Å². The van der Waals surface area contributed by atoms with Crippen LogP contribution < -0.4 is 11.3 Å². The van der Waals surface area contributed by atoms with Crippen LogP contribution in [-0.2, 0) is 12.8 Å². The van der Waals surface area contributed by atoms with Gasteiger partial charge in [0, 0.05) is 18.4 Å². The van der Waals surface area contributed by atoms with Gasteiger partial charge in [0.2, 0.25) is 0 Å². The van der Waals surface area contributed by atoms with Gasteiger partial charge >= 0.3 is 0 Å². The average Bonchev–Trinajstić information content (AvgIpc) is 2.49. The first-order valence-electron chi connectivity index (χ1n) is 6.48. The SMILES string of the molecule is NNC(CCc1cccnc1)Cc1cccc(Cl)c1F. The number of nitrogens with zero attached hydrogens (tertiary/aromatic N) is 1. The summed E-state index contributed by atoms with van der Waals surface area (Å²) in [7, 11) is 0. The van der Waals surface area contributed by atoms with Crippen LogP contribution in [-0.4, -0.2) is 11.0 Å². The number of hydrogen-bond donors (Lipinski definition) is 2. The zero-order valence-corrected chi connectivity index (χ0v) is 11.8. The maximum atomic E-state index is 13.9. The molecule has 1 heterocycles. The molecule has 1 aromatic heterocycles.